The number of H-pyrrole nitrogens is 1. The Balaban J connectivity index is 2.10. The predicted octanol–water partition coefficient (Wildman–Crippen LogP) is 1.28. The first-order chi connectivity index (χ1) is 10.4. The first kappa shape index (κ1) is 14.5. The lowest BCUT2D eigenvalue weighted by atomic mass is 9.85. The minimum Gasteiger partial charge on any atom is -0.381 e. The molecule has 0 aliphatic heterocycles. The molecule has 0 radical (unpaired) electrons. The molecule has 2 N–H and O–H groups in total. The second kappa shape index (κ2) is 5.07. The zero-order valence-corrected chi connectivity index (χ0v) is 12.4. The molecule has 0 aliphatic rings. The fourth-order valence-electron chi connectivity index (χ4n) is 2.44. The highest BCUT2D eigenvalue weighted by molar-refractivity contribution is 6.30. The van der Waals surface area contributed by atoms with Gasteiger partial charge in [-0.2, -0.15) is 0 Å². The fraction of sp³-hybridized carbons (Fsp3) is 0.125. The van der Waals surface area contributed by atoms with Crippen LogP contribution in [0.5, 0.6) is 0 Å². The maximum absolute atomic E-state index is 13.4. The Bertz CT molecular complexity index is 873. The van der Waals surface area contributed by atoms with Gasteiger partial charge in [-0.1, -0.05) is 18.7 Å². The average molecular weight is 295 g/mol. The molecule has 110 valence electrons. The third kappa shape index (κ3) is 2.31. The van der Waals surface area contributed by atoms with Gasteiger partial charge in [0.25, 0.3) is 0 Å². The van der Waals surface area contributed by atoms with E-state index in [0.29, 0.717) is 27.9 Å². The monoisotopic (exact) mass is 295 g/mol. The van der Waals surface area contributed by atoms with E-state index < -0.39 is 11.4 Å². The van der Waals surface area contributed by atoms with Crippen LogP contribution in [0.2, 0.25) is 0 Å². The molecule has 6 heteroatoms. The van der Waals surface area contributed by atoms with Crippen LogP contribution in [0.1, 0.15) is 18.1 Å². The Kier molecular flexibility index (Phi) is 3.33. The van der Waals surface area contributed by atoms with Gasteiger partial charge in [0, 0.05) is 23.6 Å². The summed E-state index contributed by atoms with van der Waals surface area (Å²) < 4.78 is 13.4. The molecular formula is C16H15BFN3O. The fourth-order valence-corrected chi connectivity index (χ4v) is 2.44. The summed E-state index contributed by atoms with van der Waals surface area (Å²) in [6.45, 7) is 5.58. The molecular weight excluding hydrogens is 280 g/mol. The number of benzene rings is 1. The van der Waals surface area contributed by atoms with Crippen molar-refractivity contribution in [1.82, 2.24) is 15.0 Å². The Morgan fingerprint density at radius 2 is 2.23 bits per heavy atom. The molecule has 22 heavy (non-hydrogen) atoms. The van der Waals surface area contributed by atoms with Crippen LogP contribution in [-0.2, 0) is 5.60 Å². The van der Waals surface area contributed by atoms with Crippen molar-refractivity contribution in [3.8, 4) is 0 Å². The smallest absolute Gasteiger partial charge is 0.166 e. The maximum atomic E-state index is 13.4. The molecule has 1 unspecified atom stereocenters. The topological polar surface area (TPSA) is 61.8 Å². The standard InChI is InChI=1S/C16H15BFN3O/c1-9(16(2,22)10-4-3-5-11(18)6-10)12-7-19-15-14(12)21-13(17)8-20-15/h3-8,22H,1,17H2,2H3,(H,19,20). The van der Waals surface area contributed by atoms with Gasteiger partial charge < -0.3 is 10.1 Å². The molecule has 0 saturated carbocycles. The highest BCUT2D eigenvalue weighted by Crippen LogP contribution is 2.36. The molecule has 3 aromatic rings. The van der Waals surface area contributed by atoms with E-state index in [1.54, 1.807) is 31.5 Å². The van der Waals surface area contributed by atoms with Crippen LogP contribution in [0.3, 0.4) is 0 Å². The van der Waals surface area contributed by atoms with Crippen LogP contribution in [0.4, 0.5) is 4.39 Å². The van der Waals surface area contributed by atoms with E-state index in [9.17, 15) is 9.50 Å². The van der Waals surface area contributed by atoms with E-state index in [4.69, 9.17) is 0 Å². The molecule has 0 bridgehead atoms. The first-order valence-corrected chi connectivity index (χ1v) is 6.88. The van der Waals surface area contributed by atoms with E-state index in [1.165, 1.54) is 12.1 Å². The lowest BCUT2D eigenvalue weighted by Crippen LogP contribution is -2.23. The van der Waals surface area contributed by atoms with Crippen molar-refractivity contribution in [3.63, 3.8) is 0 Å². The number of aromatic amines is 1. The van der Waals surface area contributed by atoms with Crippen molar-refractivity contribution in [2.45, 2.75) is 12.5 Å². The minimum atomic E-state index is -1.41. The number of hydrogen-bond donors (Lipinski definition) is 2. The van der Waals surface area contributed by atoms with Gasteiger partial charge in [-0.15, -0.1) is 0 Å². The van der Waals surface area contributed by atoms with Crippen molar-refractivity contribution in [1.29, 1.82) is 0 Å². The van der Waals surface area contributed by atoms with Crippen molar-refractivity contribution in [2.75, 3.05) is 0 Å². The third-order valence-electron chi connectivity index (χ3n) is 3.80. The van der Waals surface area contributed by atoms with Crippen LogP contribution in [0, 0.1) is 5.82 Å². The van der Waals surface area contributed by atoms with Gasteiger partial charge in [0.15, 0.2) is 13.5 Å². The number of nitrogens with one attached hydrogen (secondary N) is 1. The minimum absolute atomic E-state index is 0.403. The molecule has 0 spiro atoms. The van der Waals surface area contributed by atoms with Crippen molar-refractivity contribution >= 4 is 30.2 Å². The number of fused-ring (bicyclic) bond motifs is 1. The van der Waals surface area contributed by atoms with Gasteiger partial charge >= 0.3 is 0 Å². The van der Waals surface area contributed by atoms with Gasteiger partial charge in [0.05, 0.1) is 0 Å². The highest BCUT2D eigenvalue weighted by atomic mass is 19.1. The molecule has 1 atom stereocenters. The van der Waals surface area contributed by atoms with Crippen molar-refractivity contribution in [2.24, 2.45) is 0 Å². The van der Waals surface area contributed by atoms with Gasteiger partial charge in [-0.25, -0.2) is 9.37 Å². The number of aromatic nitrogens is 3. The van der Waals surface area contributed by atoms with Crippen molar-refractivity contribution < 1.29 is 9.50 Å². The predicted molar refractivity (Wildman–Crippen MR) is 87.1 cm³/mol. The molecule has 2 heterocycles. The summed E-state index contributed by atoms with van der Waals surface area (Å²) in [6, 6.07) is 5.87. The largest absolute Gasteiger partial charge is 0.381 e. The Morgan fingerprint density at radius 1 is 1.45 bits per heavy atom. The molecule has 0 amide bonds. The normalized spacial score (nSPS) is 14.0. The van der Waals surface area contributed by atoms with E-state index in [0.717, 1.165) is 5.59 Å². The number of nitrogens with zero attached hydrogens (tertiary/aromatic N) is 2. The lowest BCUT2D eigenvalue weighted by molar-refractivity contribution is 0.122. The van der Waals surface area contributed by atoms with Crippen LogP contribution in [-0.4, -0.2) is 27.9 Å². The molecule has 0 aliphatic carbocycles. The summed E-state index contributed by atoms with van der Waals surface area (Å²) >= 11 is 0. The van der Waals surface area contributed by atoms with Crippen LogP contribution in [0.25, 0.3) is 16.7 Å². The SMILES string of the molecule is Bc1cnc2[nH]cc(C(=C)C(C)(O)c3cccc(F)c3)c2n1. The quantitative estimate of drug-likeness (QED) is 0.715. The molecule has 3 rings (SSSR count). The lowest BCUT2D eigenvalue weighted by Gasteiger charge is -2.26. The summed E-state index contributed by atoms with van der Waals surface area (Å²) in [5.74, 6) is -0.403. The Morgan fingerprint density at radius 3 is 2.95 bits per heavy atom. The second-order valence-electron chi connectivity index (χ2n) is 5.47. The second-order valence-corrected chi connectivity index (χ2v) is 5.47. The Hall–Kier alpha value is -2.47. The number of rotatable bonds is 3. The maximum Gasteiger partial charge on any atom is 0.166 e. The van der Waals surface area contributed by atoms with Gasteiger partial charge in [0.1, 0.15) is 16.9 Å². The van der Waals surface area contributed by atoms with E-state index in [1.807, 2.05) is 7.85 Å². The molecule has 1 aromatic carbocycles. The number of hydrogen-bond acceptors (Lipinski definition) is 3. The molecule has 4 nitrogen and oxygen atoms in total. The summed E-state index contributed by atoms with van der Waals surface area (Å²) in [4.78, 5) is 11.7. The highest BCUT2D eigenvalue weighted by Gasteiger charge is 2.30. The van der Waals surface area contributed by atoms with Gasteiger partial charge in [-0.3, -0.25) is 4.98 Å². The van der Waals surface area contributed by atoms with E-state index >= 15 is 0 Å². The van der Waals surface area contributed by atoms with Gasteiger partial charge in [-0.05, 0) is 30.2 Å². The van der Waals surface area contributed by atoms with Crippen LogP contribution < -0.4 is 5.59 Å². The van der Waals surface area contributed by atoms with Crippen molar-refractivity contribution in [3.05, 3.63) is 60.2 Å². The van der Waals surface area contributed by atoms with Crippen LogP contribution >= 0.6 is 0 Å². The summed E-state index contributed by atoms with van der Waals surface area (Å²) in [5.41, 5.74) is 2.16. The molecule has 0 saturated heterocycles. The summed E-state index contributed by atoms with van der Waals surface area (Å²) in [7, 11) is 1.84. The zero-order valence-electron chi connectivity index (χ0n) is 12.4. The molecule has 0 fully saturated rings. The number of halogens is 1. The van der Waals surface area contributed by atoms with E-state index in [-0.39, 0.29) is 0 Å². The molecule has 2 aromatic heterocycles. The zero-order chi connectivity index (χ0) is 15.9. The van der Waals surface area contributed by atoms with Gasteiger partial charge in [0.2, 0.25) is 0 Å². The van der Waals surface area contributed by atoms with Crippen LogP contribution in [0.15, 0.2) is 43.2 Å². The third-order valence-corrected chi connectivity index (χ3v) is 3.80. The average Bonchev–Trinajstić information content (AvgIpc) is 2.89. The van der Waals surface area contributed by atoms with E-state index in [2.05, 4.69) is 21.5 Å². The first-order valence-electron chi connectivity index (χ1n) is 6.88. The summed E-state index contributed by atoms with van der Waals surface area (Å²) in [6.07, 6.45) is 3.37. The summed E-state index contributed by atoms with van der Waals surface area (Å²) in [5, 5.41) is 10.9. The Labute approximate surface area is 128 Å². The number of aliphatic hydroxyl groups is 1.